The number of hydrogen-bond acceptors (Lipinski definition) is 4. The lowest BCUT2D eigenvalue weighted by Crippen LogP contribution is -2.32. The van der Waals surface area contributed by atoms with Crippen LogP contribution in [0.1, 0.15) is 0 Å². The molecule has 1 amide bonds. The summed E-state index contributed by atoms with van der Waals surface area (Å²) in [6.07, 6.45) is -1.39. The van der Waals surface area contributed by atoms with Crippen molar-refractivity contribution in [3.8, 4) is 0 Å². The number of para-hydroxylation sites is 2. The molecule has 0 fully saturated rings. The highest BCUT2D eigenvalue weighted by atomic mass is 32.2. The summed E-state index contributed by atoms with van der Waals surface area (Å²) in [7, 11) is -4.37. The van der Waals surface area contributed by atoms with Gasteiger partial charge < -0.3 is 9.92 Å². The minimum Gasteiger partial charge on any atom is -0.334 e. The fourth-order valence-corrected chi connectivity index (χ4v) is 2.72. The number of rotatable bonds is 4. The van der Waals surface area contributed by atoms with Gasteiger partial charge in [0, 0.05) is 0 Å². The van der Waals surface area contributed by atoms with Crippen LogP contribution in [-0.2, 0) is 14.5 Å². The van der Waals surface area contributed by atoms with Gasteiger partial charge in [-0.2, -0.15) is 8.42 Å². The van der Waals surface area contributed by atoms with Crippen molar-refractivity contribution in [1.82, 2.24) is 0 Å². The van der Waals surface area contributed by atoms with Crippen molar-refractivity contribution in [2.75, 3.05) is 4.31 Å². The second kappa shape index (κ2) is 5.62. The SMILES string of the molecule is NC(=O)OS(=O)(=O)N(c1ccccc1)c1ccccc1. The predicted octanol–water partition coefficient (Wildman–Crippen LogP) is 2.16. The van der Waals surface area contributed by atoms with E-state index in [-0.39, 0.29) is 0 Å². The lowest BCUT2D eigenvalue weighted by molar-refractivity contribution is 0.213. The molecule has 0 aliphatic heterocycles. The van der Waals surface area contributed by atoms with E-state index in [1.54, 1.807) is 60.7 Å². The Bertz CT molecular complexity index is 647. The molecule has 6 nitrogen and oxygen atoms in total. The molecule has 2 N–H and O–H groups in total. The lowest BCUT2D eigenvalue weighted by Gasteiger charge is -2.22. The van der Waals surface area contributed by atoms with Crippen LogP contribution in [0.4, 0.5) is 16.2 Å². The maximum absolute atomic E-state index is 12.1. The zero-order chi connectivity index (χ0) is 14.6. The molecule has 0 heterocycles. The van der Waals surface area contributed by atoms with Gasteiger partial charge >= 0.3 is 16.4 Å². The number of nitrogens with zero attached hydrogens (tertiary/aromatic N) is 1. The fourth-order valence-electron chi connectivity index (χ4n) is 1.68. The van der Waals surface area contributed by atoms with Crippen LogP contribution in [0.2, 0.25) is 0 Å². The highest BCUT2D eigenvalue weighted by Gasteiger charge is 2.27. The molecular formula is C13H12N2O4S. The number of anilines is 2. The van der Waals surface area contributed by atoms with Gasteiger partial charge in [-0.15, -0.1) is 0 Å². The lowest BCUT2D eigenvalue weighted by atomic mass is 10.3. The second-order valence-corrected chi connectivity index (χ2v) is 5.18. The molecule has 0 saturated heterocycles. The summed E-state index contributed by atoms with van der Waals surface area (Å²) < 4.78 is 29.4. The second-order valence-electron chi connectivity index (χ2n) is 3.80. The fraction of sp³-hybridized carbons (Fsp3) is 0. The van der Waals surface area contributed by atoms with E-state index in [0.29, 0.717) is 11.4 Å². The Kier molecular flexibility index (Phi) is 3.90. The number of primary amides is 1. The molecule has 2 rings (SSSR count). The smallest absolute Gasteiger partial charge is 0.334 e. The zero-order valence-electron chi connectivity index (χ0n) is 10.3. The largest absolute Gasteiger partial charge is 0.421 e. The molecular weight excluding hydrogens is 280 g/mol. The standard InChI is InChI=1S/C13H12N2O4S/c14-13(16)19-20(17,18)15(11-7-3-1-4-8-11)12-9-5-2-6-10-12/h1-10H,(H2,14,16). The van der Waals surface area contributed by atoms with E-state index in [1.165, 1.54) is 0 Å². The number of amides is 1. The van der Waals surface area contributed by atoms with Gasteiger partial charge in [-0.1, -0.05) is 36.4 Å². The Hall–Kier alpha value is -2.54. The average Bonchev–Trinajstić information content (AvgIpc) is 2.39. The topological polar surface area (TPSA) is 89.7 Å². The van der Waals surface area contributed by atoms with E-state index in [9.17, 15) is 13.2 Å². The van der Waals surface area contributed by atoms with Gasteiger partial charge in [0.2, 0.25) is 0 Å². The van der Waals surface area contributed by atoms with Crippen molar-refractivity contribution in [3.63, 3.8) is 0 Å². The third kappa shape index (κ3) is 3.07. The molecule has 2 aromatic carbocycles. The molecule has 0 aliphatic rings. The van der Waals surface area contributed by atoms with Crippen molar-refractivity contribution in [3.05, 3.63) is 60.7 Å². The van der Waals surface area contributed by atoms with E-state index in [4.69, 9.17) is 5.73 Å². The summed E-state index contributed by atoms with van der Waals surface area (Å²) >= 11 is 0. The Morgan fingerprint density at radius 3 is 1.65 bits per heavy atom. The van der Waals surface area contributed by atoms with Crippen LogP contribution in [-0.4, -0.2) is 14.5 Å². The summed E-state index contributed by atoms with van der Waals surface area (Å²) in [5.74, 6) is 0. The monoisotopic (exact) mass is 292 g/mol. The van der Waals surface area contributed by atoms with E-state index < -0.39 is 16.4 Å². The van der Waals surface area contributed by atoms with Gasteiger partial charge in [0.15, 0.2) is 0 Å². The molecule has 0 aromatic heterocycles. The number of carbonyl (C=O) groups is 1. The first-order chi connectivity index (χ1) is 9.50. The minimum atomic E-state index is -4.37. The Morgan fingerprint density at radius 1 is 0.900 bits per heavy atom. The molecule has 2 aromatic rings. The normalized spacial score (nSPS) is 10.8. The van der Waals surface area contributed by atoms with Crippen molar-refractivity contribution in [1.29, 1.82) is 0 Å². The molecule has 0 aliphatic carbocycles. The van der Waals surface area contributed by atoms with Crippen molar-refractivity contribution in [2.45, 2.75) is 0 Å². The van der Waals surface area contributed by atoms with Crippen molar-refractivity contribution >= 4 is 27.8 Å². The highest BCUT2D eigenvalue weighted by Crippen LogP contribution is 2.28. The summed E-state index contributed by atoms with van der Waals surface area (Å²) in [5.41, 5.74) is 5.47. The van der Waals surface area contributed by atoms with Gasteiger partial charge in [0.25, 0.3) is 0 Å². The molecule has 0 atom stereocenters. The summed E-state index contributed by atoms with van der Waals surface area (Å²) in [6, 6.07) is 16.5. The predicted molar refractivity (Wildman–Crippen MR) is 74.6 cm³/mol. The molecule has 0 unspecified atom stereocenters. The first kappa shape index (κ1) is 13.9. The number of benzene rings is 2. The van der Waals surface area contributed by atoms with Crippen molar-refractivity contribution in [2.24, 2.45) is 5.73 Å². The molecule has 0 bridgehead atoms. The van der Waals surface area contributed by atoms with E-state index in [0.717, 1.165) is 4.31 Å². The van der Waals surface area contributed by atoms with Crippen LogP contribution in [0.3, 0.4) is 0 Å². The Balaban J connectivity index is 2.54. The number of carbonyl (C=O) groups excluding carboxylic acids is 1. The quantitative estimate of drug-likeness (QED) is 0.935. The summed E-state index contributed by atoms with van der Waals surface area (Å²) in [4.78, 5) is 10.8. The third-order valence-corrected chi connectivity index (χ3v) is 3.64. The van der Waals surface area contributed by atoms with E-state index >= 15 is 0 Å². The molecule has 0 spiro atoms. The number of hydrogen-bond donors (Lipinski definition) is 1. The molecule has 20 heavy (non-hydrogen) atoms. The van der Waals surface area contributed by atoms with Gasteiger partial charge in [-0.25, -0.2) is 9.10 Å². The molecule has 0 radical (unpaired) electrons. The average molecular weight is 292 g/mol. The van der Waals surface area contributed by atoms with E-state index in [2.05, 4.69) is 4.18 Å². The van der Waals surface area contributed by atoms with Crippen LogP contribution in [0.15, 0.2) is 60.7 Å². The van der Waals surface area contributed by atoms with Gasteiger partial charge in [-0.05, 0) is 24.3 Å². The minimum absolute atomic E-state index is 0.333. The van der Waals surface area contributed by atoms with Crippen LogP contribution in [0.5, 0.6) is 0 Å². The summed E-state index contributed by atoms with van der Waals surface area (Å²) in [6.45, 7) is 0. The van der Waals surface area contributed by atoms with Gasteiger partial charge in [-0.3, -0.25) is 0 Å². The van der Waals surface area contributed by atoms with Crippen LogP contribution in [0, 0.1) is 0 Å². The van der Waals surface area contributed by atoms with Gasteiger partial charge in [0.05, 0.1) is 11.4 Å². The van der Waals surface area contributed by atoms with E-state index in [1.807, 2.05) is 0 Å². The molecule has 7 heteroatoms. The molecule has 104 valence electrons. The maximum Gasteiger partial charge on any atom is 0.421 e. The highest BCUT2D eigenvalue weighted by molar-refractivity contribution is 7.88. The first-order valence-corrected chi connectivity index (χ1v) is 7.01. The Labute approximate surface area is 116 Å². The van der Waals surface area contributed by atoms with Crippen LogP contribution in [0.25, 0.3) is 0 Å². The zero-order valence-corrected chi connectivity index (χ0v) is 11.2. The van der Waals surface area contributed by atoms with Crippen LogP contribution >= 0.6 is 0 Å². The van der Waals surface area contributed by atoms with Gasteiger partial charge in [0.1, 0.15) is 0 Å². The summed E-state index contributed by atoms with van der Waals surface area (Å²) in [5, 5.41) is 0. The third-order valence-electron chi connectivity index (χ3n) is 2.39. The van der Waals surface area contributed by atoms with Crippen LogP contribution < -0.4 is 10.0 Å². The maximum atomic E-state index is 12.1. The number of nitrogens with two attached hydrogens (primary N) is 1. The Morgan fingerprint density at radius 2 is 1.30 bits per heavy atom. The molecule has 0 saturated carbocycles. The van der Waals surface area contributed by atoms with Crippen molar-refractivity contribution < 1.29 is 17.4 Å². The first-order valence-electron chi connectivity index (χ1n) is 5.65.